The Morgan fingerprint density at radius 3 is 2.67 bits per heavy atom. The number of hydrogen-bond donors (Lipinski definition) is 1. The van der Waals surface area contributed by atoms with Gasteiger partial charge in [-0.2, -0.15) is 0 Å². The third-order valence-electron chi connectivity index (χ3n) is 4.13. The highest BCUT2D eigenvalue weighted by molar-refractivity contribution is 5.99. The highest BCUT2D eigenvalue weighted by Gasteiger charge is 2.34. The Morgan fingerprint density at radius 2 is 2.00 bits per heavy atom. The van der Waals surface area contributed by atoms with Crippen LogP contribution in [0.3, 0.4) is 0 Å². The molecule has 1 aliphatic carbocycles. The number of rotatable bonds is 5. The van der Waals surface area contributed by atoms with Gasteiger partial charge in [-0.3, -0.25) is 4.79 Å². The first-order chi connectivity index (χ1) is 10.2. The molecule has 2 aliphatic rings. The van der Waals surface area contributed by atoms with Gasteiger partial charge in [-0.15, -0.1) is 0 Å². The average molecular weight is 290 g/mol. The van der Waals surface area contributed by atoms with Crippen LogP contribution in [0.1, 0.15) is 25.7 Å². The van der Waals surface area contributed by atoms with Gasteiger partial charge in [0.1, 0.15) is 11.5 Å². The van der Waals surface area contributed by atoms with Crippen LogP contribution in [0.4, 0.5) is 5.69 Å². The number of benzene rings is 1. The van der Waals surface area contributed by atoms with Gasteiger partial charge in [-0.1, -0.05) is 0 Å². The summed E-state index contributed by atoms with van der Waals surface area (Å²) in [6.45, 7) is 0.727. The maximum atomic E-state index is 12.7. The van der Waals surface area contributed by atoms with Crippen LogP contribution in [0.5, 0.6) is 11.5 Å². The van der Waals surface area contributed by atoms with Crippen LogP contribution in [0.25, 0.3) is 0 Å². The summed E-state index contributed by atoms with van der Waals surface area (Å²) >= 11 is 0. The van der Waals surface area contributed by atoms with Gasteiger partial charge >= 0.3 is 0 Å². The quantitative estimate of drug-likeness (QED) is 0.900. The molecule has 1 saturated carbocycles. The Kier molecular flexibility index (Phi) is 4.01. The zero-order valence-corrected chi connectivity index (χ0v) is 12.6. The van der Waals surface area contributed by atoms with Gasteiger partial charge in [-0.25, -0.2) is 0 Å². The van der Waals surface area contributed by atoms with Crippen LogP contribution in [-0.2, 0) is 4.79 Å². The second kappa shape index (κ2) is 5.93. The lowest BCUT2D eigenvalue weighted by molar-refractivity contribution is -0.121. The molecule has 1 saturated heterocycles. The summed E-state index contributed by atoms with van der Waals surface area (Å²) in [6.07, 6.45) is 4.28. The first kappa shape index (κ1) is 14.2. The predicted octanol–water partition coefficient (Wildman–Crippen LogP) is 1.95. The Balaban J connectivity index is 1.85. The third kappa shape index (κ3) is 2.97. The number of ether oxygens (including phenoxy) is 2. The highest BCUT2D eigenvalue weighted by Crippen LogP contribution is 2.34. The summed E-state index contributed by atoms with van der Waals surface area (Å²) in [7, 11) is 3.25. The molecule has 1 N–H and O–H groups in total. The van der Waals surface area contributed by atoms with Crippen molar-refractivity contribution in [2.45, 2.75) is 37.8 Å². The van der Waals surface area contributed by atoms with Gasteiger partial charge in [0.2, 0.25) is 5.91 Å². The van der Waals surface area contributed by atoms with E-state index in [4.69, 9.17) is 9.47 Å². The molecule has 1 atom stereocenters. The summed E-state index contributed by atoms with van der Waals surface area (Å²) in [5.41, 5.74) is 0.796. The van der Waals surface area contributed by atoms with E-state index in [2.05, 4.69) is 5.32 Å². The maximum Gasteiger partial charge on any atom is 0.244 e. The predicted molar refractivity (Wildman–Crippen MR) is 81.1 cm³/mol. The van der Waals surface area contributed by atoms with Crippen molar-refractivity contribution < 1.29 is 14.3 Å². The molecule has 0 bridgehead atoms. The van der Waals surface area contributed by atoms with Crippen molar-refractivity contribution in [1.82, 2.24) is 5.32 Å². The van der Waals surface area contributed by atoms with Gasteiger partial charge in [0.25, 0.3) is 0 Å². The summed E-state index contributed by atoms with van der Waals surface area (Å²) < 4.78 is 10.7. The van der Waals surface area contributed by atoms with Gasteiger partial charge in [0.15, 0.2) is 0 Å². The number of nitrogens with zero attached hydrogens (tertiary/aromatic N) is 1. The van der Waals surface area contributed by atoms with E-state index in [1.165, 1.54) is 12.8 Å². The van der Waals surface area contributed by atoms with Crippen molar-refractivity contribution in [1.29, 1.82) is 0 Å². The van der Waals surface area contributed by atoms with Gasteiger partial charge < -0.3 is 19.7 Å². The molecular weight excluding hydrogens is 268 g/mol. The fourth-order valence-electron chi connectivity index (χ4n) is 2.81. The third-order valence-corrected chi connectivity index (χ3v) is 4.13. The fraction of sp³-hybridized carbons (Fsp3) is 0.562. The van der Waals surface area contributed by atoms with E-state index in [1.54, 1.807) is 14.2 Å². The smallest absolute Gasteiger partial charge is 0.244 e. The first-order valence-electron chi connectivity index (χ1n) is 7.52. The number of anilines is 1. The van der Waals surface area contributed by atoms with Crippen LogP contribution in [0, 0.1) is 0 Å². The first-order valence-corrected chi connectivity index (χ1v) is 7.52. The van der Waals surface area contributed by atoms with E-state index in [-0.39, 0.29) is 11.9 Å². The molecule has 3 rings (SSSR count). The van der Waals surface area contributed by atoms with Crippen LogP contribution < -0.4 is 19.7 Å². The minimum atomic E-state index is -0.0674. The van der Waals surface area contributed by atoms with E-state index in [1.807, 2.05) is 23.1 Å². The SMILES string of the molecule is COc1ccc(OC)c(N2CCCC(NC3CC3)C2=O)c1. The molecule has 0 aromatic heterocycles. The molecule has 0 spiro atoms. The summed E-state index contributed by atoms with van der Waals surface area (Å²) in [4.78, 5) is 14.5. The number of piperidine rings is 1. The van der Waals surface area contributed by atoms with Crippen LogP contribution in [0.2, 0.25) is 0 Å². The molecular formula is C16H22N2O3. The van der Waals surface area contributed by atoms with Gasteiger partial charge in [0, 0.05) is 18.7 Å². The lowest BCUT2D eigenvalue weighted by Crippen LogP contribution is -2.51. The van der Waals surface area contributed by atoms with Gasteiger partial charge in [-0.05, 0) is 37.8 Å². The molecule has 2 fully saturated rings. The number of methoxy groups -OCH3 is 2. The molecule has 1 amide bonds. The molecule has 5 heteroatoms. The van der Waals surface area contributed by atoms with Gasteiger partial charge in [0.05, 0.1) is 25.9 Å². The fourth-order valence-corrected chi connectivity index (χ4v) is 2.81. The zero-order chi connectivity index (χ0) is 14.8. The number of nitrogens with one attached hydrogen (secondary N) is 1. The average Bonchev–Trinajstić information content (AvgIpc) is 3.33. The van der Waals surface area contributed by atoms with Crippen molar-refractivity contribution in [2.75, 3.05) is 25.7 Å². The highest BCUT2D eigenvalue weighted by atomic mass is 16.5. The Bertz CT molecular complexity index is 528. The molecule has 1 aromatic rings. The molecule has 1 unspecified atom stereocenters. The lowest BCUT2D eigenvalue weighted by atomic mass is 10.0. The van der Waals surface area contributed by atoms with Crippen LogP contribution in [0.15, 0.2) is 18.2 Å². The number of amides is 1. The Labute approximate surface area is 125 Å². The largest absolute Gasteiger partial charge is 0.497 e. The van der Waals surface area contributed by atoms with E-state index < -0.39 is 0 Å². The second-order valence-corrected chi connectivity index (χ2v) is 5.66. The number of carbonyl (C=O) groups is 1. The van der Waals surface area contributed by atoms with Crippen molar-refractivity contribution in [2.24, 2.45) is 0 Å². The zero-order valence-electron chi connectivity index (χ0n) is 12.6. The summed E-state index contributed by atoms with van der Waals surface area (Å²) in [5, 5.41) is 3.45. The number of hydrogen-bond acceptors (Lipinski definition) is 4. The molecule has 5 nitrogen and oxygen atoms in total. The van der Waals surface area contributed by atoms with E-state index >= 15 is 0 Å². The minimum Gasteiger partial charge on any atom is -0.497 e. The Morgan fingerprint density at radius 1 is 1.19 bits per heavy atom. The second-order valence-electron chi connectivity index (χ2n) is 5.66. The number of carbonyl (C=O) groups excluding carboxylic acids is 1. The minimum absolute atomic E-state index is 0.0674. The van der Waals surface area contributed by atoms with E-state index in [0.717, 1.165) is 30.8 Å². The summed E-state index contributed by atoms with van der Waals surface area (Å²) in [6, 6.07) is 6.03. The van der Waals surface area contributed by atoms with Crippen LogP contribution in [-0.4, -0.2) is 38.8 Å². The standard InChI is InChI=1S/C16H22N2O3/c1-20-12-7-8-15(21-2)14(10-12)18-9-3-4-13(16(18)19)17-11-5-6-11/h7-8,10-11,13,17H,3-6,9H2,1-2H3. The molecule has 1 aliphatic heterocycles. The molecule has 114 valence electrons. The topological polar surface area (TPSA) is 50.8 Å². The normalized spacial score (nSPS) is 22.3. The molecule has 1 heterocycles. The van der Waals surface area contributed by atoms with Crippen LogP contribution >= 0.6 is 0 Å². The molecule has 1 aromatic carbocycles. The monoisotopic (exact) mass is 290 g/mol. The van der Waals surface area contributed by atoms with Crippen molar-refractivity contribution in [3.63, 3.8) is 0 Å². The maximum absolute atomic E-state index is 12.7. The Hall–Kier alpha value is -1.75. The van der Waals surface area contributed by atoms with Crippen molar-refractivity contribution in [3.05, 3.63) is 18.2 Å². The van der Waals surface area contributed by atoms with Crippen molar-refractivity contribution in [3.8, 4) is 11.5 Å². The van der Waals surface area contributed by atoms with E-state index in [9.17, 15) is 4.79 Å². The lowest BCUT2D eigenvalue weighted by Gasteiger charge is -2.33. The molecule has 0 radical (unpaired) electrons. The molecule has 21 heavy (non-hydrogen) atoms. The summed E-state index contributed by atoms with van der Waals surface area (Å²) in [5.74, 6) is 1.58. The van der Waals surface area contributed by atoms with Crippen molar-refractivity contribution >= 4 is 11.6 Å². The van der Waals surface area contributed by atoms with E-state index in [0.29, 0.717) is 11.8 Å².